The third-order valence-corrected chi connectivity index (χ3v) is 4.68. The molecule has 0 bridgehead atoms. The van der Waals surface area contributed by atoms with Gasteiger partial charge < -0.3 is 16.0 Å². The molecule has 0 aliphatic carbocycles. The maximum atomic E-state index is 12.5. The van der Waals surface area contributed by atoms with Gasteiger partial charge in [0, 0.05) is 18.7 Å². The summed E-state index contributed by atoms with van der Waals surface area (Å²) in [6.45, 7) is 6.31. The van der Waals surface area contributed by atoms with E-state index in [0.717, 1.165) is 17.4 Å². The van der Waals surface area contributed by atoms with Crippen LogP contribution in [0.1, 0.15) is 44.0 Å². The second kappa shape index (κ2) is 8.31. The minimum atomic E-state index is -0.481. The zero-order valence-electron chi connectivity index (χ0n) is 14.7. The fourth-order valence-corrected chi connectivity index (χ4v) is 2.76. The van der Waals surface area contributed by atoms with Crippen molar-refractivity contribution in [2.75, 3.05) is 6.54 Å². The summed E-state index contributed by atoms with van der Waals surface area (Å²) in [6, 6.07) is 4.68. The highest BCUT2D eigenvalue weighted by Gasteiger charge is 2.26. The van der Waals surface area contributed by atoms with Crippen molar-refractivity contribution in [2.24, 2.45) is 5.73 Å². The number of halogens is 1. The predicted octanol–water partition coefficient (Wildman–Crippen LogP) is 1.38. The smallest absolute Gasteiger partial charge is 0.328 e. The normalized spacial score (nSPS) is 11.2. The molecule has 1 aromatic carbocycles. The lowest BCUT2D eigenvalue weighted by atomic mass is 9.92. The number of carbonyl (C=O) groups excluding carboxylic acids is 1. The Morgan fingerprint density at radius 1 is 1.24 bits per heavy atom. The summed E-state index contributed by atoms with van der Waals surface area (Å²) in [6.07, 6.45) is 1.44. The van der Waals surface area contributed by atoms with Gasteiger partial charge >= 0.3 is 5.69 Å². The molecule has 1 amide bonds. The Kier molecular flexibility index (Phi) is 6.96. The van der Waals surface area contributed by atoms with Crippen molar-refractivity contribution in [3.8, 4) is 0 Å². The Bertz CT molecular complexity index is 860. The zero-order valence-corrected chi connectivity index (χ0v) is 15.5. The number of aromatic amines is 1. The van der Waals surface area contributed by atoms with Crippen LogP contribution in [0.25, 0.3) is 10.9 Å². The van der Waals surface area contributed by atoms with Crippen LogP contribution in [0.5, 0.6) is 0 Å². The third-order valence-electron chi connectivity index (χ3n) is 4.68. The molecule has 0 radical (unpaired) electrons. The Hall–Kier alpha value is -2.12. The Balaban J connectivity index is 0.00000312. The molecule has 0 aliphatic rings. The van der Waals surface area contributed by atoms with Gasteiger partial charge in [0.2, 0.25) is 0 Å². The highest BCUT2D eigenvalue weighted by Crippen LogP contribution is 2.16. The van der Waals surface area contributed by atoms with Crippen LogP contribution in [0, 0.1) is 0 Å². The topological polar surface area (TPSA) is 110 Å². The van der Waals surface area contributed by atoms with Crippen LogP contribution < -0.4 is 22.3 Å². The maximum absolute atomic E-state index is 12.5. The van der Waals surface area contributed by atoms with Gasteiger partial charge in [-0.1, -0.05) is 13.8 Å². The van der Waals surface area contributed by atoms with Crippen LogP contribution in [0.3, 0.4) is 0 Å². The monoisotopic (exact) mass is 368 g/mol. The molecule has 0 aliphatic heterocycles. The number of benzene rings is 1. The summed E-state index contributed by atoms with van der Waals surface area (Å²) in [7, 11) is 0. The Labute approximate surface area is 152 Å². The van der Waals surface area contributed by atoms with E-state index in [-0.39, 0.29) is 23.9 Å². The number of aromatic nitrogens is 2. The van der Waals surface area contributed by atoms with E-state index < -0.39 is 11.2 Å². The molecule has 1 heterocycles. The first-order chi connectivity index (χ1) is 11.4. The lowest BCUT2D eigenvalue weighted by molar-refractivity contribution is 0.0895. The van der Waals surface area contributed by atoms with Crippen LogP contribution in [0.4, 0.5) is 0 Å². The number of carbonyl (C=O) groups is 1. The SMILES string of the molecule is CCn1c(=O)[nH]c2cc(C(=O)NC(CC)(CC)CN)ccc2c1=O.Cl. The van der Waals surface area contributed by atoms with Crippen LogP contribution in [-0.2, 0) is 6.54 Å². The molecule has 0 spiro atoms. The first kappa shape index (κ1) is 20.9. The molecule has 8 heteroatoms. The molecule has 0 atom stereocenters. The number of hydrogen-bond acceptors (Lipinski definition) is 4. The van der Waals surface area contributed by atoms with Crippen molar-refractivity contribution in [3.63, 3.8) is 0 Å². The van der Waals surface area contributed by atoms with Gasteiger partial charge in [0.25, 0.3) is 11.5 Å². The summed E-state index contributed by atoms with van der Waals surface area (Å²) in [5.74, 6) is -0.272. The molecule has 1 aromatic heterocycles. The molecular weight excluding hydrogens is 344 g/mol. The second-order valence-electron chi connectivity index (χ2n) is 5.89. The van der Waals surface area contributed by atoms with Gasteiger partial charge in [0.1, 0.15) is 0 Å². The molecule has 7 nitrogen and oxygen atoms in total. The van der Waals surface area contributed by atoms with Gasteiger partial charge in [-0.2, -0.15) is 0 Å². The van der Waals surface area contributed by atoms with E-state index in [4.69, 9.17) is 5.73 Å². The van der Waals surface area contributed by atoms with Gasteiger partial charge in [0.15, 0.2) is 0 Å². The number of nitrogens with zero attached hydrogens (tertiary/aromatic N) is 1. The van der Waals surface area contributed by atoms with Crippen molar-refractivity contribution in [2.45, 2.75) is 45.7 Å². The number of hydrogen-bond donors (Lipinski definition) is 3. The fourth-order valence-electron chi connectivity index (χ4n) is 2.76. The van der Waals surface area contributed by atoms with Crippen molar-refractivity contribution >= 4 is 29.2 Å². The summed E-state index contributed by atoms with van der Waals surface area (Å²) >= 11 is 0. The van der Waals surface area contributed by atoms with Gasteiger partial charge in [0.05, 0.1) is 16.4 Å². The first-order valence-electron chi connectivity index (χ1n) is 8.20. The standard InChI is InChI=1S/C17H24N4O3.ClH/c1-4-17(5-2,10-18)20-14(22)11-7-8-12-13(9-11)19-16(24)21(6-3)15(12)23;/h7-9H,4-6,10,18H2,1-3H3,(H,19,24)(H,20,22);1H. The van der Waals surface area contributed by atoms with E-state index in [1.54, 1.807) is 19.1 Å². The highest BCUT2D eigenvalue weighted by molar-refractivity contribution is 5.98. The largest absolute Gasteiger partial charge is 0.345 e. The van der Waals surface area contributed by atoms with Crippen LogP contribution >= 0.6 is 12.4 Å². The minimum Gasteiger partial charge on any atom is -0.345 e. The summed E-state index contributed by atoms with van der Waals surface area (Å²) in [5, 5.41) is 3.35. The Morgan fingerprint density at radius 2 is 1.88 bits per heavy atom. The van der Waals surface area contributed by atoms with E-state index in [0.29, 0.717) is 29.6 Å². The molecule has 138 valence electrons. The molecule has 0 saturated carbocycles. The lowest BCUT2D eigenvalue weighted by Crippen LogP contribution is -2.52. The predicted molar refractivity (Wildman–Crippen MR) is 102 cm³/mol. The van der Waals surface area contributed by atoms with Gasteiger partial charge in [-0.05, 0) is 38.0 Å². The van der Waals surface area contributed by atoms with E-state index in [1.165, 1.54) is 6.07 Å². The van der Waals surface area contributed by atoms with E-state index in [1.807, 2.05) is 13.8 Å². The summed E-state index contributed by atoms with van der Waals surface area (Å²) < 4.78 is 1.12. The van der Waals surface area contributed by atoms with Crippen LogP contribution in [0.15, 0.2) is 27.8 Å². The van der Waals surface area contributed by atoms with E-state index in [9.17, 15) is 14.4 Å². The summed E-state index contributed by atoms with van der Waals surface area (Å²) in [4.78, 5) is 39.4. The molecule has 2 rings (SSSR count). The number of nitrogens with one attached hydrogen (secondary N) is 2. The average Bonchev–Trinajstić information content (AvgIpc) is 2.59. The number of amides is 1. The van der Waals surface area contributed by atoms with Gasteiger partial charge in [-0.3, -0.25) is 14.2 Å². The van der Waals surface area contributed by atoms with Crippen molar-refractivity contribution in [1.29, 1.82) is 0 Å². The number of rotatable bonds is 6. The Morgan fingerprint density at radius 3 is 2.40 bits per heavy atom. The van der Waals surface area contributed by atoms with E-state index in [2.05, 4.69) is 10.3 Å². The van der Waals surface area contributed by atoms with Crippen molar-refractivity contribution < 1.29 is 4.79 Å². The van der Waals surface area contributed by atoms with Gasteiger partial charge in [-0.25, -0.2) is 4.79 Å². The molecule has 4 N–H and O–H groups in total. The summed E-state index contributed by atoms with van der Waals surface area (Å²) in [5.41, 5.74) is 5.25. The van der Waals surface area contributed by atoms with Crippen LogP contribution in [-0.4, -0.2) is 27.5 Å². The molecule has 0 fully saturated rings. The number of nitrogens with two attached hydrogens (primary N) is 1. The molecule has 0 saturated heterocycles. The number of fused-ring (bicyclic) bond motifs is 1. The average molecular weight is 369 g/mol. The lowest BCUT2D eigenvalue weighted by Gasteiger charge is -2.31. The third kappa shape index (κ3) is 3.93. The minimum absolute atomic E-state index is 0. The first-order valence-corrected chi connectivity index (χ1v) is 8.20. The molecule has 2 aromatic rings. The molecule has 0 unspecified atom stereocenters. The zero-order chi connectivity index (χ0) is 17.9. The van der Waals surface area contributed by atoms with Crippen molar-refractivity contribution in [3.05, 3.63) is 44.6 Å². The van der Waals surface area contributed by atoms with Crippen molar-refractivity contribution in [1.82, 2.24) is 14.9 Å². The number of H-pyrrole nitrogens is 1. The van der Waals surface area contributed by atoms with Gasteiger partial charge in [-0.15, -0.1) is 12.4 Å². The fraction of sp³-hybridized carbons (Fsp3) is 0.471. The van der Waals surface area contributed by atoms with E-state index >= 15 is 0 Å². The molecular formula is C17H25ClN4O3. The second-order valence-corrected chi connectivity index (χ2v) is 5.89. The highest BCUT2D eigenvalue weighted by atomic mass is 35.5. The molecule has 25 heavy (non-hydrogen) atoms. The quantitative estimate of drug-likeness (QED) is 0.715. The maximum Gasteiger partial charge on any atom is 0.328 e. The van der Waals surface area contributed by atoms with Crippen LogP contribution in [0.2, 0.25) is 0 Å².